The highest BCUT2D eigenvalue weighted by Crippen LogP contribution is 2.37. The van der Waals surface area contributed by atoms with Crippen LogP contribution in [0.4, 0.5) is 0 Å². The van der Waals surface area contributed by atoms with Gasteiger partial charge < -0.3 is 14.6 Å². The third kappa shape index (κ3) is 2.13. The van der Waals surface area contributed by atoms with Crippen LogP contribution in [0.3, 0.4) is 0 Å². The summed E-state index contributed by atoms with van der Waals surface area (Å²) in [5.41, 5.74) is 1.04. The summed E-state index contributed by atoms with van der Waals surface area (Å²) in [6, 6.07) is 2.80. The van der Waals surface area contributed by atoms with E-state index in [9.17, 15) is 19.5 Å². The Morgan fingerprint density at radius 3 is 2.30 bits per heavy atom. The number of hydrogen-bond acceptors (Lipinski definition) is 6. The van der Waals surface area contributed by atoms with E-state index >= 15 is 0 Å². The maximum absolute atomic E-state index is 11.8. The Morgan fingerprint density at radius 2 is 1.75 bits per heavy atom. The van der Waals surface area contributed by atoms with Crippen LogP contribution < -0.4 is 0 Å². The van der Waals surface area contributed by atoms with E-state index in [0.29, 0.717) is 24.0 Å². The minimum absolute atomic E-state index is 0.0743. The van der Waals surface area contributed by atoms with E-state index in [1.165, 1.54) is 12.1 Å². The molecule has 1 aliphatic rings. The second-order valence-corrected chi connectivity index (χ2v) is 4.43. The number of Topliss-reactive ketones (excluding diaryl/α,β-unsaturated/α-hetero) is 1. The van der Waals surface area contributed by atoms with Gasteiger partial charge in [0.2, 0.25) is 0 Å². The Labute approximate surface area is 115 Å². The molecule has 6 heteroatoms. The number of carbonyl (C=O) groups excluding carboxylic acids is 3. The van der Waals surface area contributed by atoms with Gasteiger partial charge >= 0.3 is 11.9 Å². The highest BCUT2D eigenvalue weighted by Gasteiger charge is 2.37. The van der Waals surface area contributed by atoms with Gasteiger partial charge in [0.25, 0.3) is 0 Å². The van der Waals surface area contributed by atoms with Crippen molar-refractivity contribution in [3.8, 4) is 5.75 Å². The number of phenols is 1. The van der Waals surface area contributed by atoms with E-state index in [1.54, 1.807) is 0 Å². The number of aromatic hydroxyl groups is 1. The van der Waals surface area contributed by atoms with Gasteiger partial charge in [-0.15, -0.1) is 0 Å². The minimum atomic E-state index is -1.38. The first-order valence-electron chi connectivity index (χ1n) is 6.04. The van der Waals surface area contributed by atoms with Crippen LogP contribution in [0.5, 0.6) is 5.75 Å². The number of rotatable bonds is 3. The first-order chi connectivity index (χ1) is 9.51. The van der Waals surface area contributed by atoms with E-state index in [1.807, 2.05) is 0 Å². The number of esters is 2. The molecule has 0 saturated heterocycles. The van der Waals surface area contributed by atoms with Crippen LogP contribution in [0.15, 0.2) is 12.1 Å². The fourth-order valence-electron chi connectivity index (χ4n) is 2.45. The Hall–Kier alpha value is -2.37. The lowest BCUT2D eigenvalue weighted by molar-refractivity contribution is -0.154. The average Bonchev–Trinajstić information content (AvgIpc) is 2.82. The van der Waals surface area contributed by atoms with Crippen molar-refractivity contribution < 1.29 is 29.0 Å². The van der Waals surface area contributed by atoms with E-state index < -0.39 is 17.9 Å². The van der Waals surface area contributed by atoms with Gasteiger partial charge in [0.15, 0.2) is 11.7 Å². The molecule has 0 unspecified atom stereocenters. The van der Waals surface area contributed by atoms with Gasteiger partial charge in [-0.2, -0.15) is 0 Å². The molecule has 1 aromatic carbocycles. The predicted molar refractivity (Wildman–Crippen MR) is 67.5 cm³/mol. The van der Waals surface area contributed by atoms with Crippen LogP contribution in [0.1, 0.15) is 33.8 Å². The van der Waals surface area contributed by atoms with Crippen molar-refractivity contribution in [1.29, 1.82) is 0 Å². The second-order valence-electron chi connectivity index (χ2n) is 4.43. The van der Waals surface area contributed by atoms with Crippen molar-refractivity contribution in [2.75, 3.05) is 14.2 Å². The number of methoxy groups -OCH3 is 2. The van der Waals surface area contributed by atoms with Gasteiger partial charge in [-0.25, -0.2) is 0 Å². The summed E-state index contributed by atoms with van der Waals surface area (Å²) in [6.45, 7) is 0. The summed E-state index contributed by atoms with van der Waals surface area (Å²) in [6.07, 6.45) is 0.670. The van der Waals surface area contributed by atoms with Crippen molar-refractivity contribution in [1.82, 2.24) is 0 Å². The largest absolute Gasteiger partial charge is 0.508 e. The first-order valence-corrected chi connectivity index (χ1v) is 6.04. The summed E-state index contributed by atoms with van der Waals surface area (Å²) in [4.78, 5) is 35.4. The monoisotopic (exact) mass is 278 g/mol. The molecule has 20 heavy (non-hydrogen) atoms. The molecule has 1 aromatic rings. The summed E-state index contributed by atoms with van der Waals surface area (Å²) in [5.74, 6) is -3.35. The molecule has 0 aliphatic heterocycles. The zero-order valence-electron chi connectivity index (χ0n) is 11.1. The van der Waals surface area contributed by atoms with Gasteiger partial charge in [0.1, 0.15) is 5.75 Å². The highest BCUT2D eigenvalue weighted by molar-refractivity contribution is 6.05. The van der Waals surface area contributed by atoms with Gasteiger partial charge in [0.05, 0.1) is 14.2 Å². The fourth-order valence-corrected chi connectivity index (χ4v) is 2.45. The summed E-state index contributed by atoms with van der Waals surface area (Å²) in [5, 5.41) is 9.99. The molecule has 106 valence electrons. The molecule has 0 aromatic heterocycles. The quantitative estimate of drug-likeness (QED) is 0.654. The Kier molecular flexibility index (Phi) is 3.74. The number of ketones is 1. The third-order valence-corrected chi connectivity index (χ3v) is 3.40. The van der Waals surface area contributed by atoms with Gasteiger partial charge in [0, 0.05) is 17.5 Å². The fraction of sp³-hybridized carbons (Fsp3) is 0.357. The van der Waals surface area contributed by atoms with Crippen LogP contribution >= 0.6 is 0 Å². The van der Waals surface area contributed by atoms with Crippen LogP contribution in [0, 0.1) is 0 Å². The third-order valence-electron chi connectivity index (χ3n) is 3.40. The number of ether oxygens (including phenoxy) is 2. The molecule has 2 rings (SSSR count). The molecule has 0 bridgehead atoms. The number of carbonyl (C=O) groups is 3. The molecule has 0 spiro atoms. The zero-order chi connectivity index (χ0) is 14.9. The first kappa shape index (κ1) is 14.0. The lowest BCUT2D eigenvalue weighted by atomic mass is 9.91. The second kappa shape index (κ2) is 5.32. The lowest BCUT2D eigenvalue weighted by Crippen LogP contribution is -2.25. The smallest absolute Gasteiger partial charge is 0.324 e. The van der Waals surface area contributed by atoms with Gasteiger partial charge in [-0.05, 0) is 24.1 Å². The average molecular weight is 278 g/mol. The Bertz CT molecular complexity index is 574. The topological polar surface area (TPSA) is 89.9 Å². The van der Waals surface area contributed by atoms with Crippen molar-refractivity contribution in [3.05, 3.63) is 28.8 Å². The molecular formula is C14H14O6. The maximum Gasteiger partial charge on any atom is 0.324 e. The van der Waals surface area contributed by atoms with E-state index in [0.717, 1.165) is 14.2 Å². The molecule has 0 saturated carbocycles. The highest BCUT2D eigenvalue weighted by atomic mass is 16.5. The molecule has 0 radical (unpaired) electrons. The van der Waals surface area contributed by atoms with Crippen LogP contribution in [0.2, 0.25) is 0 Å². The summed E-state index contributed by atoms with van der Waals surface area (Å²) >= 11 is 0. The SMILES string of the molecule is COC(=O)C(C(=O)OC)c1c(O)ccc2c1CCC2=O. The molecule has 1 aliphatic carbocycles. The molecular weight excluding hydrogens is 264 g/mol. The van der Waals surface area contributed by atoms with E-state index in [-0.39, 0.29) is 17.1 Å². The maximum atomic E-state index is 11.8. The predicted octanol–water partition coefficient (Wildman–Crippen LogP) is 0.951. The molecule has 6 nitrogen and oxygen atoms in total. The molecule has 0 fully saturated rings. The molecule has 0 heterocycles. The molecule has 0 amide bonds. The van der Waals surface area contributed by atoms with Crippen molar-refractivity contribution in [3.63, 3.8) is 0 Å². The molecule has 1 N–H and O–H groups in total. The van der Waals surface area contributed by atoms with Gasteiger partial charge in [-0.3, -0.25) is 14.4 Å². The van der Waals surface area contributed by atoms with Crippen molar-refractivity contribution in [2.24, 2.45) is 0 Å². The number of hydrogen-bond donors (Lipinski definition) is 1. The Morgan fingerprint density at radius 1 is 1.15 bits per heavy atom. The van der Waals surface area contributed by atoms with Crippen LogP contribution in [-0.4, -0.2) is 37.0 Å². The number of fused-ring (bicyclic) bond motifs is 1. The Balaban J connectivity index is 2.62. The number of benzene rings is 1. The normalized spacial score (nSPS) is 13.2. The summed E-state index contributed by atoms with van der Waals surface area (Å²) in [7, 11) is 2.28. The van der Waals surface area contributed by atoms with Crippen molar-refractivity contribution in [2.45, 2.75) is 18.8 Å². The number of phenolic OH excluding ortho intramolecular Hbond substituents is 1. The van der Waals surface area contributed by atoms with Crippen molar-refractivity contribution >= 4 is 17.7 Å². The van der Waals surface area contributed by atoms with E-state index in [2.05, 4.69) is 9.47 Å². The van der Waals surface area contributed by atoms with E-state index in [4.69, 9.17) is 0 Å². The van der Waals surface area contributed by atoms with Crippen LogP contribution in [-0.2, 0) is 25.5 Å². The zero-order valence-corrected chi connectivity index (χ0v) is 11.1. The molecule has 0 atom stereocenters. The standard InChI is InChI=1S/C14H14O6/c1-19-13(17)12(14(18)20-2)11-8-4-5-9(15)7(8)3-6-10(11)16/h3,6,12,16H,4-5H2,1-2H3. The van der Waals surface area contributed by atoms with Gasteiger partial charge in [-0.1, -0.05) is 0 Å². The minimum Gasteiger partial charge on any atom is -0.508 e. The summed E-state index contributed by atoms with van der Waals surface area (Å²) < 4.78 is 9.19. The lowest BCUT2D eigenvalue weighted by Gasteiger charge is -2.17. The van der Waals surface area contributed by atoms with Crippen LogP contribution in [0.25, 0.3) is 0 Å².